The van der Waals surface area contributed by atoms with Gasteiger partial charge in [0.2, 0.25) is 0 Å². The van der Waals surface area contributed by atoms with Crippen molar-refractivity contribution in [2.24, 2.45) is 0 Å². The quantitative estimate of drug-likeness (QED) is 0.331. The van der Waals surface area contributed by atoms with Crippen molar-refractivity contribution in [3.05, 3.63) is 93.5 Å². The van der Waals surface area contributed by atoms with Gasteiger partial charge in [-0.15, -0.1) is 0 Å². The summed E-state index contributed by atoms with van der Waals surface area (Å²) in [5, 5.41) is 0.297. The molecule has 3 aromatic rings. The number of carbonyl (C=O) groups is 1. The average Bonchev–Trinajstić information content (AvgIpc) is 3.33. The molecule has 1 amide bonds. The van der Waals surface area contributed by atoms with Gasteiger partial charge in [0.1, 0.15) is 28.3 Å². The number of benzene rings is 2. The van der Waals surface area contributed by atoms with Crippen molar-refractivity contribution in [3.63, 3.8) is 0 Å². The molecule has 4 nitrogen and oxygen atoms in total. The highest BCUT2D eigenvalue weighted by atomic mass is 35.5. The summed E-state index contributed by atoms with van der Waals surface area (Å²) < 4.78 is 25.6. The van der Waals surface area contributed by atoms with Crippen LogP contribution in [-0.2, 0) is 17.9 Å². The fourth-order valence-electron chi connectivity index (χ4n) is 2.89. The number of thiocarbonyl (C=S) groups is 1. The highest BCUT2D eigenvalue weighted by Crippen LogP contribution is 2.35. The van der Waals surface area contributed by atoms with Crippen molar-refractivity contribution < 1.29 is 18.3 Å². The average molecular weight is 460 g/mol. The van der Waals surface area contributed by atoms with Gasteiger partial charge in [-0.2, -0.15) is 0 Å². The van der Waals surface area contributed by atoms with Gasteiger partial charge in [-0.3, -0.25) is 9.69 Å². The predicted octanol–water partition coefficient (Wildman–Crippen LogP) is 6.05. The van der Waals surface area contributed by atoms with Crippen molar-refractivity contribution in [2.45, 2.75) is 13.2 Å². The third-order valence-corrected chi connectivity index (χ3v) is 6.14. The molecule has 1 aliphatic heterocycles. The number of nitrogens with zero attached hydrogens (tertiary/aromatic N) is 1. The highest BCUT2D eigenvalue weighted by molar-refractivity contribution is 8.26. The van der Waals surface area contributed by atoms with Crippen LogP contribution in [0.25, 0.3) is 6.08 Å². The van der Waals surface area contributed by atoms with Crippen molar-refractivity contribution >= 4 is 51.9 Å². The minimum atomic E-state index is -0.432. The number of furan rings is 1. The number of hydrogen-bond acceptors (Lipinski definition) is 5. The summed E-state index contributed by atoms with van der Waals surface area (Å²) >= 11 is 12.7. The van der Waals surface area contributed by atoms with E-state index in [4.69, 9.17) is 33.0 Å². The second kappa shape index (κ2) is 9.04. The Bertz CT molecular complexity index is 1110. The largest absolute Gasteiger partial charge is 0.488 e. The lowest BCUT2D eigenvalue weighted by Gasteiger charge is -2.12. The number of amides is 1. The molecular weight excluding hydrogens is 445 g/mol. The summed E-state index contributed by atoms with van der Waals surface area (Å²) in [7, 11) is 0. The SMILES string of the molecule is O=C1C(=Cc2ccccc2OCc2c(F)cccc2Cl)SC(=S)N1Cc1ccco1. The minimum Gasteiger partial charge on any atom is -0.488 e. The van der Waals surface area contributed by atoms with Gasteiger partial charge in [-0.1, -0.05) is 59.8 Å². The van der Waals surface area contributed by atoms with E-state index in [1.54, 1.807) is 48.7 Å². The predicted molar refractivity (Wildman–Crippen MR) is 120 cm³/mol. The van der Waals surface area contributed by atoms with E-state index in [1.807, 2.05) is 12.1 Å². The van der Waals surface area contributed by atoms with Crippen LogP contribution in [0.5, 0.6) is 5.75 Å². The van der Waals surface area contributed by atoms with Crippen molar-refractivity contribution in [2.75, 3.05) is 0 Å². The summed E-state index contributed by atoms with van der Waals surface area (Å²) in [4.78, 5) is 14.8. The van der Waals surface area contributed by atoms with Crippen LogP contribution in [0.1, 0.15) is 16.9 Å². The smallest absolute Gasteiger partial charge is 0.266 e. The number of thioether (sulfide) groups is 1. The Labute approximate surface area is 187 Å². The normalized spacial score (nSPS) is 15.3. The fraction of sp³-hybridized carbons (Fsp3) is 0.0909. The Hall–Kier alpha value is -2.61. The molecule has 2 heterocycles. The van der Waals surface area contributed by atoms with Crippen LogP contribution in [-0.4, -0.2) is 15.1 Å². The molecule has 1 fully saturated rings. The maximum Gasteiger partial charge on any atom is 0.266 e. The molecule has 0 bridgehead atoms. The lowest BCUT2D eigenvalue weighted by atomic mass is 10.1. The molecule has 0 saturated carbocycles. The second-order valence-corrected chi connectivity index (χ2v) is 8.46. The molecule has 0 unspecified atom stereocenters. The Morgan fingerprint density at radius 3 is 2.77 bits per heavy atom. The summed E-state index contributed by atoms with van der Waals surface area (Å²) in [6, 6.07) is 15.2. The molecular formula is C22H15ClFNO3S2. The van der Waals surface area contributed by atoms with Crippen LogP contribution in [0.4, 0.5) is 4.39 Å². The van der Waals surface area contributed by atoms with Gasteiger partial charge in [-0.25, -0.2) is 4.39 Å². The zero-order valence-corrected chi connectivity index (χ0v) is 17.9. The summed E-state index contributed by atoms with van der Waals surface area (Å²) in [6.07, 6.45) is 3.28. The van der Waals surface area contributed by atoms with Crippen LogP contribution in [0, 0.1) is 5.82 Å². The van der Waals surface area contributed by atoms with E-state index in [9.17, 15) is 9.18 Å². The number of ether oxygens (including phenoxy) is 1. The zero-order chi connectivity index (χ0) is 21.1. The number of halogens is 2. The van der Waals surface area contributed by atoms with Gasteiger partial charge in [0.05, 0.1) is 22.7 Å². The number of para-hydroxylation sites is 1. The Kier molecular flexibility index (Phi) is 6.22. The fourth-order valence-corrected chi connectivity index (χ4v) is 4.35. The molecule has 1 saturated heterocycles. The summed E-state index contributed by atoms with van der Waals surface area (Å²) in [5.41, 5.74) is 0.960. The first-order chi connectivity index (χ1) is 14.5. The maximum atomic E-state index is 14.0. The standard InChI is InChI=1S/C22H15ClFNO3S2/c23-17-7-3-8-18(24)16(17)13-28-19-9-2-1-5-14(19)11-20-21(26)25(22(29)30-20)12-15-6-4-10-27-15/h1-11H,12-13H2. The summed E-state index contributed by atoms with van der Waals surface area (Å²) in [5.74, 6) is 0.526. The molecule has 0 atom stereocenters. The molecule has 30 heavy (non-hydrogen) atoms. The molecule has 2 aromatic carbocycles. The van der Waals surface area contributed by atoms with Gasteiger partial charge in [-0.05, 0) is 36.4 Å². The molecule has 8 heteroatoms. The molecule has 0 spiro atoms. The minimum absolute atomic E-state index is 0.0319. The third-order valence-electron chi connectivity index (χ3n) is 4.41. The molecule has 4 rings (SSSR count). The molecule has 0 radical (unpaired) electrons. The molecule has 0 aliphatic carbocycles. The van der Waals surface area contributed by atoms with E-state index >= 15 is 0 Å². The third kappa shape index (κ3) is 4.43. The second-order valence-electron chi connectivity index (χ2n) is 6.37. The van der Waals surface area contributed by atoms with Crippen LogP contribution in [0.3, 0.4) is 0 Å². The number of hydrogen-bond donors (Lipinski definition) is 0. The van der Waals surface area contributed by atoms with Gasteiger partial charge in [0.25, 0.3) is 5.91 Å². The van der Waals surface area contributed by atoms with Crippen LogP contribution < -0.4 is 4.74 Å². The lowest BCUT2D eigenvalue weighted by Crippen LogP contribution is -2.27. The van der Waals surface area contributed by atoms with E-state index in [0.717, 1.165) is 0 Å². The van der Waals surface area contributed by atoms with E-state index in [1.165, 1.54) is 22.7 Å². The molecule has 0 N–H and O–H groups in total. The molecule has 1 aromatic heterocycles. The topological polar surface area (TPSA) is 42.7 Å². The monoisotopic (exact) mass is 459 g/mol. The first kappa shape index (κ1) is 20.7. The highest BCUT2D eigenvalue weighted by Gasteiger charge is 2.32. The van der Waals surface area contributed by atoms with Crippen LogP contribution in [0.15, 0.2) is 70.2 Å². The van der Waals surface area contributed by atoms with Gasteiger partial charge < -0.3 is 9.15 Å². The van der Waals surface area contributed by atoms with E-state index in [-0.39, 0.29) is 24.6 Å². The van der Waals surface area contributed by atoms with Crippen LogP contribution in [0.2, 0.25) is 5.02 Å². The van der Waals surface area contributed by atoms with Crippen LogP contribution >= 0.6 is 35.6 Å². The van der Waals surface area contributed by atoms with E-state index < -0.39 is 5.82 Å². The Morgan fingerprint density at radius 1 is 1.17 bits per heavy atom. The number of carbonyl (C=O) groups excluding carboxylic acids is 1. The Balaban J connectivity index is 1.54. The van der Waals surface area contributed by atoms with Gasteiger partial charge in [0, 0.05) is 11.1 Å². The van der Waals surface area contributed by atoms with Gasteiger partial charge >= 0.3 is 0 Å². The lowest BCUT2D eigenvalue weighted by molar-refractivity contribution is -0.122. The maximum absolute atomic E-state index is 14.0. The molecule has 152 valence electrons. The zero-order valence-electron chi connectivity index (χ0n) is 15.5. The van der Waals surface area contributed by atoms with Crippen molar-refractivity contribution in [3.8, 4) is 5.75 Å². The summed E-state index contributed by atoms with van der Waals surface area (Å²) in [6.45, 7) is 0.245. The first-order valence-corrected chi connectivity index (χ1v) is 10.6. The van der Waals surface area contributed by atoms with Gasteiger partial charge in [0.15, 0.2) is 0 Å². The Morgan fingerprint density at radius 2 is 2.00 bits per heavy atom. The first-order valence-electron chi connectivity index (χ1n) is 8.95. The van der Waals surface area contributed by atoms with E-state index in [2.05, 4.69) is 0 Å². The molecule has 1 aliphatic rings. The van der Waals surface area contributed by atoms with E-state index in [0.29, 0.717) is 31.3 Å². The van der Waals surface area contributed by atoms with Crippen molar-refractivity contribution in [1.82, 2.24) is 4.90 Å². The number of rotatable bonds is 6. The van der Waals surface area contributed by atoms with Crippen molar-refractivity contribution in [1.29, 1.82) is 0 Å².